The molecule has 1 aliphatic heterocycles. The van der Waals surface area contributed by atoms with E-state index < -0.39 is 0 Å². The molecule has 1 aromatic heterocycles. The Balaban J connectivity index is 1.41. The minimum atomic E-state index is -0.317. The molecule has 2 heterocycles. The smallest absolute Gasteiger partial charge is 0.337 e. The number of carbonyl (C=O) groups is 2. The molecule has 0 saturated carbocycles. The molecule has 1 aromatic carbocycles. The number of thiophene rings is 1. The topological polar surface area (TPSA) is 58.6 Å². The second kappa shape index (κ2) is 9.67. The summed E-state index contributed by atoms with van der Waals surface area (Å²) in [4.78, 5) is 27.0. The van der Waals surface area contributed by atoms with Crippen LogP contribution in [-0.2, 0) is 22.5 Å². The van der Waals surface area contributed by atoms with Crippen LogP contribution in [0.2, 0.25) is 0 Å². The molecule has 5 nitrogen and oxygen atoms in total. The van der Waals surface area contributed by atoms with Gasteiger partial charge < -0.3 is 15.0 Å². The van der Waals surface area contributed by atoms with Crippen LogP contribution >= 0.6 is 11.3 Å². The maximum absolute atomic E-state index is 12.2. The molecule has 0 bridgehead atoms. The van der Waals surface area contributed by atoms with E-state index in [1.807, 2.05) is 12.1 Å². The Morgan fingerprint density at radius 1 is 1.30 bits per heavy atom. The Morgan fingerprint density at radius 3 is 2.81 bits per heavy atom. The van der Waals surface area contributed by atoms with Gasteiger partial charge in [0.15, 0.2) is 0 Å². The number of hydrogen-bond acceptors (Lipinski definition) is 5. The van der Waals surface area contributed by atoms with Crippen LogP contribution in [0.25, 0.3) is 0 Å². The number of rotatable bonds is 9. The van der Waals surface area contributed by atoms with Gasteiger partial charge in [0.2, 0.25) is 5.91 Å². The van der Waals surface area contributed by atoms with Gasteiger partial charge in [0.1, 0.15) is 0 Å². The van der Waals surface area contributed by atoms with Crippen LogP contribution in [-0.4, -0.2) is 43.0 Å². The summed E-state index contributed by atoms with van der Waals surface area (Å²) >= 11 is 1.75. The Labute approximate surface area is 164 Å². The Hall–Kier alpha value is -2.18. The second-order valence-electron chi connectivity index (χ2n) is 6.76. The molecular weight excluding hydrogens is 360 g/mol. The molecular formula is C21H26N2O3S. The molecule has 0 spiro atoms. The molecule has 3 rings (SSSR count). The zero-order chi connectivity index (χ0) is 19.1. The van der Waals surface area contributed by atoms with Crippen LogP contribution in [0, 0.1) is 0 Å². The van der Waals surface area contributed by atoms with E-state index in [9.17, 15) is 9.59 Å². The van der Waals surface area contributed by atoms with Gasteiger partial charge >= 0.3 is 5.97 Å². The number of ether oxygens (including phenoxy) is 1. The second-order valence-corrected chi connectivity index (χ2v) is 7.80. The average molecular weight is 387 g/mol. The summed E-state index contributed by atoms with van der Waals surface area (Å²) in [5.74, 6) is -0.0296. The largest absolute Gasteiger partial charge is 0.465 e. The first-order valence-corrected chi connectivity index (χ1v) is 10.2. The maximum atomic E-state index is 12.2. The number of methoxy groups -OCH3 is 1. The summed E-state index contributed by atoms with van der Waals surface area (Å²) in [6.45, 7) is 2.43. The van der Waals surface area contributed by atoms with Gasteiger partial charge in [-0.15, -0.1) is 11.3 Å². The minimum Gasteiger partial charge on any atom is -0.465 e. The molecule has 144 valence electrons. The van der Waals surface area contributed by atoms with Gasteiger partial charge in [-0.2, -0.15) is 0 Å². The number of carbonyl (C=O) groups excluding carboxylic acids is 2. The molecule has 1 unspecified atom stereocenters. The Bertz CT molecular complexity index is 743. The summed E-state index contributed by atoms with van der Waals surface area (Å²) in [6, 6.07) is 12.0. The molecule has 27 heavy (non-hydrogen) atoms. The zero-order valence-corrected chi connectivity index (χ0v) is 16.5. The van der Waals surface area contributed by atoms with Crippen molar-refractivity contribution in [1.29, 1.82) is 0 Å². The molecule has 0 radical (unpaired) electrons. The van der Waals surface area contributed by atoms with Crippen LogP contribution < -0.4 is 5.32 Å². The zero-order valence-electron chi connectivity index (χ0n) is 15.6. The number of nitrogens with zero attached hydrogens (tertiary/aromatic N) is 1. The summed E-state index contributed by atoms with van der Waals surface area (Å²) in [6.07, 6.45) is 3.54. The van der Waals surface area contributed by atoms with Gasteiger partial charge in [0.25, 0.3) is 0 Å². The fourth-order valence-electron chi connectivity index (χ4n) is 3.46. The summed E-state index contributed by atoms with van der Waals surface area (Å²) < 4.78 is 4.71. The van der Waals surface area contributed by atoms with Crippen molar-refractivity contribution in [3.8, 4) is 0 Å². The molecule has 1 atom stereocenters. The van der Waals surface area contributed by atoms with Gasteiger partial charge in [-0.1, -0.05) is 18.2 Å². The maximum Gasteiger partial charge on any atom is 0.337 e. The number of benzene rings is 1. The number of esters is 1. The fourth-order valence-corrected chi connectivity index (χ4v) is 4.16. The normalized spacial score (nSPS) is 16.7. The third-order valence-electron chi connectivity index (χ3n) is 4.99. The van der Waals surface area contributed by atoms with Crippen LogP contribution in [0.5, 0.6) is 0 Å². The molecule has 1 saturated heterocycles. The molecule has 1 amide bonds. The van der Waals surface area contributed by atoms with E-state index in [-0.39, 0.29) is 11.9 Å². The predicted octanol–water partition coefficient (Wildman–Crippen LogP) is 3.25. The van der Waals surface area contributed by atoms with Gasteiger partial charge in [-0.05, 0) is 54.9 Å². The van der Waals surface area contributed by atoms with E-state index in [4.69, 9.17) is 4.74 Å². The number of likely N-dealkylation sites (tertiary alicyclic amines) is 1. The molecule has 0 aliphatic carbocycles. The van der Waals surface area contributed by atoms with Gasteiger partial charge in [-0.25, -0.2) is 4.79 Å². The number of hydrogen-bond donors (Lipinski definition) is 1. The van der Waals surface area contributed by atoms with Crippen LogP contribution in [0.15, 0.2) is 41.8 Å². The monoisotopic (exact) mass is 386 g/mol. The first-order valence-electron chi connectivity index (χ1n) is 9.37. The summed E-state index contributed by atoms with van der Waals surface area (Å²) in [5.41, 5.74) is 1.69. The standard InChI is InChI=1S/C21H26N2O3S/c1-26-21(25)17-6-4-16(5-7-17)15-22-12-10-18-8-9-20(24)23(18)13-11-19-3-2-14-27-19/h2-7,14,18,22H,8-13,15H2,1H3. The lowest BCUT2D eigenvalue weighted by atomic mass is 10.1. The molecule has 1 N–H and O–H groups in total. The van der Waals surface area contributed by atoms with Crippen molar-refractivity contribution < 1.29 is 14.3 Å². The Morgan fingerprint density at radius 2 is 2.11 bits per heavy atom. The Kier molecular flexibility index (Phi) is 7.01. The van der Waals surface area contributed by atoms with E-state index in [1.165, 1.54) is 12.0 Å². The predicted molar refractivity (Wildman–Crippen MR) is 107 cm³/mol. The highest BCUT2D eigenvalue weighted by atomic mass is 32.1. The molecule has 1 aliphatic rings. The van der Waals surface area contributed by atoms with E-state index in [2.05, 4.69) is 27.7 Å². The van der Waals surface area contributed by atoms with Crippen molar-refractivity contribution in [2.75, 3.05) is 20.2 Å². The molecule has 6 heteroatoms. The van der Waals surface area contributed by atoms with Gasteiger partial charge in [-0.3, -0.25) is 4.79 Å². The van der Waals surface area contributed by atoms with Crippen LogP contribution in [0.1, 0.15) is 40.1 Å². The van der Waals surface area contributed by atoms with Crippen LogP contribution in [0.4, 0.5) is 0 Å². The first kappa shape index (κ1) is 19.6. The van der Waals surface area contributed by atoms with Crippen molar-refractivity contribution in [3.63, 3.8) is 0 Å². The number of nitrogens with one attached hydrogen (secondary N) is 1. The summed E-state index contributed by atoms with van der Waals surface area (Å²) in [7, 11) is 1.38. The van der Waals surface area contributed by atoms with E-state index >= 15 is 0 Å². The van der Waals surface area contributed by atoms with Crippen molar-refractivity contribution in [1.82, 2.24) is 10.2 Å². The first-order chi connectivity index (χ1) is 13.2. The third kappa shape index (κ3) is 5.40. The lowest BCUT2D eigenvalue weighted by molar-refractivity contribution is -0.129. The third-order valence-corrected chi connectivity index (χ3v) is 5.93. The van der Waals surface area contributed by atoms with Crippen molar-refractivity contribution in [3.05, 3.63) is 57.8 Å². The van der Waals surface area contributed by atoms with Crippen LogP contribution in [0.3, 0.4) is 0 Å². The number of amides is 1. The lowest BCUT2D eigenvalue weighted by Crippen LogP contribution is -2.36. The molecule has 2 aromatic rings. The highest BCUT2D eigenvalue weighted by molar-refractivity contribution is 7.09. The van der Waals surface area contributed by atoms with Gasteiger partial charge in [0, 0.05) is 30.4 Å². The fraction of sp³-hybridized carbons (Fsp3) is 0.429. The summed E-state index contributed by atoms with van der Waals surface area (Å²) in [5, 5.41) is 5.53. The highest BCUT2D eigenvalue weighted by Gasteiger charge is 2.29. The highest BCUT2D eigenvalue weighted by Crippen LogP contribution is 2.22. The quantitative estimate of drug-likeness (QED) is 0.531. The van der Waals surface area contributed by atoms with Crippen molar-refractivity contribution >= 4 is 23.2 Å². The minimum absolute atomic E-state index is 0.287. The van der Waals surface area contributed by atoms with E-state index in [0.29, 0.717) is 18.0 Å². The van der Waals surface area contributed by atoms with Gasteiger partial charge in [0.05, 0.1) is 12.7 Å². The van der Waals surface area contributed by atoms with Crippen molar-refractivity contribution in [2.24, 2.45) is 0 Å². The van der Waals surface area contributed by atoms with Crippen molar-refractivity contribution in [2.45, 2.75) is 38.3 Å². The molecule has 1 fully saturated rings. The average Bonchev–Trinajstić information content (AvgIpc) is 3.33. The van der Waals surface area contributed by atoms with E-state index in [0.717, 1.165) is 44.5 Å². The van der Waals surface area contributed by atoms with E-state index in [1.54, 1.807) is 23.5 Å². The lowest BCUT2D eigenvalue weighted by Gasteiger charge is -2.25. The SMILES string of the molecule is COC(=O)c1ccc(CNCCC2CCC(=O)N2CCc2cccs2)cc1.